The zero-order valence-corrected chi connectivity index (χ0v) is 13.0. The number of aromatic nitrogens is 1. The summed E-state index contributed by atoms with van der Waals surface area (Å²) in [6.45, 7) is 0. The van der Waals surface area contributed by atoms with Crippen LogP contribution in [-0.2, 0) is 11.2 Å². The smallest absolute Gasteiger partial charge is 0.190 e. The van der Waals surface area contributed by atoms with E-state index in [1.807, 2.05) is 18.2 Å². The Morgan fingerprint density at radius 1 is 0.917 bits per heavy atom. The minimum absolute atomic E-state index is 0.00946. The summed E-state index contributed by atoms with van der Waals surface area (Å²) < 4.78 is 0. The number of rotatable bonds is 2. The topological polar surface area (TPSA) is 64.1 Å². The van der Waals surface area contributed by atoms with Gasteiger partial charge in [-0.25, -0.2) is 0 Å². The molecule has 1 unspecified atom stereocenters. The first-order valence-corrected chi connectivity index (χ1v) is 7.98. The predicted molar refractivity (Wildman–Crippen MR) is 87.8 cm³/mol. The highest BCUT2D eigenvalue weighted by atomic mass is 16.1. The molecular weight excluding hydrogens is 302 g/mol. The number of allylic oxidation sites excluding steroid dienone is 2. The van der Waals surface area contributed by atoms with Gasteiger partial charge in [0, 0.05) is 52.9 Å². The molecule has 0 aliphatic heterocycles. The first-order valence-electron chi connectivity index (χ1n) is 7.98. The van der Waals surface area contributed by atoms with Crippen molar-refractivity contribution in [2.24, 2.45) is 5.92 Å². The Morgan fingerprint density at radius 3 is 2.33 bits per heavy atom. The van der Waals surface area contributed by atoms with Crippen LogP contribution in [0.5, 0.6) is 0 Å². The van der Waals surface area contributed by atoms with Gasteiger partial charge in [0.25, 0.3) is 0 Å². The lowest BCUT2D eigenvalue weighted by Crippen LogP contribution is -2.33. The molecule has 0 radical (unpaired) electrons. The lowest BCUT2D eigenvalue weighted by atomic mass is 9.71. The van der Waals surface area contributed by atoms with E-state index in [4.69, 9.17) is 0 Å². The van der Waals surface area contributed by atoms with E-state index >= 15 is 0 Å². The van der Waals surface area contributed by atoms with Crippen LogP contribution in [0.25, 0.3) is 0 Å². The standard InChI is InChI=1S/C20H15NO3/c22-14-10-12(9-13-5-3-4-8-21-13)18-17(11-14)19(23)15-6-1-2-7-16(15)20(18)24/h1-8,12H,9-11H2. The summed E-state index contributed by atoms with van der Waals surface area (Å²) in [4.78, 5) is 42.2. The van der Waals surface area contributed by atoms with E-state index in [2.05, 4.69) is 4.98 Å². The van der Waals surface area contributed by atoms with Gasteiger partial charge in [-0.3, -0.25) is 19.4 Å². The van der Waals surface area contributed by atoms with Gasteiger partial charge < -0.3 is 0 Å². The number of ketones is 3. The number of benzene rings is 1. The number of nitrogens with zero attached hydrogens (tertiary/aromatic N) is 1. The fourth-order valence-corrected chi connectivity index (χ4v) is 3.65. The molecule has 1 aromatic heterocycles. The molecule has 4 heteroatoms. The van der Waals surface area contributed by atoms with Crippen LogP contribution < -0.4 is 0 Å². The number of hydrogen-bond donors (Lipinski definition) is 0. The average molecular weight is 317 g/mol. The third kappa shape index (κ3) is 2.31. The summed E-state index contributed by atoms with van der Waals surface area (Å²) in [6.07, 6.45) is 2.54. The number of pyridine rings is 1. The lowest BCUT2D eigenvalue weighted by molar-refractivity contribution is -0.119. The number of fused-ring (bicyclic) bond motifs is 1. The SMILES string of the molecule is O=C1CC2=C(C(=O)c3ccccc3C2=O)C(Cc2ccccn2)C1. The zero-order chi connectivity index (χ0) is 16.7. The van der Waals surface area contributed by atoms with Gasteiger partial charge >= 0.3 is 0 Å². The molecule has 2 aliphatic carbocycles. The van der Waals surface area contributed by atoms with Gasteiger partial charge in [0.05, 0.1) is 0 Å². The molecule has 1 heterocycles. The van der Waals surface area contributed by atoms with Crippen LogP contribution in [-0.4, -0.2) is 22.3 Å². The van der Waals surface area contributed by atoms with Gasteiger partial charge in [-0.05, 0) is 18.6 Å². The summed E-state index contributed by atoms with van der Waals surface area (Å²) in [7, 11) is 0. The van der Waals surface area contributed by atoms with Crippen molar-refractivity contribution < 1.29 is 14.4 Å². The van der Waals surface area contributed by atoms with E-state index in [1.54, 1.807) is 30.5 Å². The van der Waals surface area contributed by atoms with E-state index in [1.165, 1.54) is 0 Å². The van der Waals surface area contributed by atoms with Crippen molar-refractivity contribution in [2.45, 2.75) is 19.3 Å². The van der Waals surface area contributed by atoms with Crippen molar-refractivity contribution in [2.75, 3.05) is 0 Å². The molecule has 1 atom stereocenters. The number of Topliss-reactive ketones (excluding diaryl/α,β-unsaturated/α-hetero) is 3. The zero-order valence-electron chi connectivity index (χ0n) is 13.0. The molecule has 2 aliphatic rings. The third-order valence-electron chi connectivity index (χ3n) is 4.70. The number of carbonyl (C=O) groups is 3. The van der Waals surface area contributed by atoms with Crippen LogP contribution in [0.4, 0.5) is 0 Å². The van der Waals surface area contributed by atoms with Crippen molar-refractivity contribution in [3.8, 4) is 0 Å². The Balaban J connectivity index is 1.80. The van der Waals surface area contributed by atoms with E-state index in [-0.39, 0.29) is 36.1 Å². The van der Waals surface area contributed by atoms with Crippen LogP contribution in [0.1, 0.15) is 39.3 Å². The molecule has 4 rings (SSSR count). The first-order chi connectivity index (χ1) is 11.6. The minimum atomic E-state index is -0.277. The maximum atomic E-state index is 13.0. The van der Waals surface area contributed by atoms with E-state index in [0.717, 1.165) is 5.69 Å². The third-order valence-corrected chi connectivity index (χ3v) is 4.70. The van der Waals surface area contributed by atoms with Crippen molar-refractivity contribution in [3.05, 3.63) is 76.6 Å². The molecule has 0 amide bonds. The quantitative estimate of drug-likeness (QED) is 0.854. The minimum Gasteiger partial charge on any atom is -0.299 e. The van der Waals surface area contributed by atoms with E-state index < -0.39 is 0 Å². The Morgan fingerprint density at radius 2 is 1.62 bits per heavy atom. The summed E-state index contributed by atoms with van der Waals surface area (Å²) in [5.41, 5.74) is 2.58. The normalized spacial score (nSPS) is 20.0. The maximum Gasteiger partial charge on any atom is 0.190 e. The number of hydrogen-bond acceptors (Lipinski definition) is 4. The molecule has 0 spiro atoms. The Kier molecular flexibility index (Phi) is 3.45. The second-order valence-corrected chi connectivity index (χ2v) is 6.24. The van der Waals surface area contributed by atoms with Gasteiger partial charge in [0.15, 0.2) is 11.6 Å². The Hall–Kier alpha value is -2.88. The largest absolute Gasteiger partial charge is 0.299 e. The molecule has 1 aromatic carbocycles. The van der Waals surface area contributed by atoms with Crippen LogP contribution >= 0.6 is 0 Å². The van der Waals surface area contributed by atoms with Gasteiger partial charge in [-0.15, -0.1) is 0 Å². The maximum absolute atomic E-state index is 13.0. The summed E-state index contributed by atoms with van der Waals surface area (Å²) in [5.74, 6) is -0.566. The van der Waals surface area contributed by atoms with Crippen molar-refractivity contribution >= 4 is 17.3 Å². The Labute approximate surface area is 139 Å². The first kappa shape index (κ1) is 14.7. The van der Waals surface area contributed by atoms with Crippen molar-refractivity contribution in [1.29, 1.82) is 0 Å². The molecule has 2 aromatic rings. The molecule has 118 valence electrons. The molecule has 0 fully saturated rings. The summed E-state index contributed by atoms with van der Waals surface area (Å²) in [6, 6.07) is 12.4. The fraction of sp³-hybridized carbons (Fsp3) is 0.200. The monoisotopic (exact) mass is 317 g/mol. The van der Waals surface area contributed by atoms with Crippen molar-refractivity contribution in [3.63, 3.8) is 0 Å². The van der Waals surface area contributed by atoms with Gasteiger partial charge in [-0.2, -0.15) is 0 Å². The molecular formula is C20H15NO3. The van der Waals surface area contributed by atoms with E-state index in [0.29, 0.717) is 28.7 Å². The molecule has 0 saturated heterocycles. The summed E-state index contributed by atoms with van der Waals surface area (Å²) >= 11 is 0. The van der Waals surface area contributed by atoms with Gasteiger partial charge in [-0.1, -0.05) is 30.3 Å². The van der Waals surface area contributed by atoms with Crippen LogP contribution in [0.15, 0.2) is 59.8 Å². The van der Waals surface area contributed by atoms with Gasteiger partial charge in [0.1, 0.15) is 5.78 Å². The Bertz CT molecular complexity index is 896. The summed E-state index contributed by atoms with van der Waals surface area (Å²) in [5, 5.41) is 0. The van der Waals surface area contributed by atoms with Crippen LogP contribution in [0.2, 0.25) is 0 Å². The van der Waals surface area contributed by atoms with E-state index in [9.17, 15) is 14.4 Å². The highest BCUT2D eigenvalue weighted by Crippen LogP contribution is 2.38. The highest BCUT2D eigenvalue weighted by molar-refractivity contribution is 6.28. The molecule has 0 saturated carbocycles. The average Bonchev–Trinajstić information content (AvgIpc) is 2.60. The van der Waals surface area contributed by atoms with Crippen LogP contribution in [0.3, 0.4) is 0 Å². The highest BCUT2D eigenvalue weighted by Gasteiger charge is 2.40. The van der Waals surface area contributed by atoms with Crippen LogP contribution in [0, 0.1) is 5.92 Å². The lowest BCUT2D eigenvalue weighted by Gasteiger charge is -2.30. The molecule has 0 bridgehead atoms. The molecule has 24 heavy (non-hydrogen) atoms. The number of carbonyl (C=O) groups excluding carboxylic acids is 3. The molecule has 0 N–H and O–H groups in total. The second kappa shape index (κ2) is 5.64. The molecule has 4 nitrogen and oxygen atoms in total. The van der Waals surface area contributed by atoms with Crippen molar-refractivity contribution in [1.82, 2.24) is 4.98 Å². The fourth-order valence-electron chi connectivity index (χ4n) is 3.65. The van der Waals surface area contributed by atoms with Gasteiger partial charge in [0.2, 0.25) is 0 Å². The second-order valence-electron chi connectivity index (χ2n) is 6.24. The predicted octanol–water partition coefficient (Wildman–Crippen LogP) is 2.98.